The number of ether oxygens (including phenoxy) is 2. The monoisotopic (exact) mass is 466 g/mol. The Morgan fingerprint density at radius 1 is 1.18 bits per heavy atom. The lowest BCUT2D eigenvalue weighted by molar-refractivity contribution is 0.0950. The van der Waals surface area contributed by atoms with Gasteiger partial charge in [-0.1, -0.05) is 28.9 Å². The Labute approximate surface area is 190 Å². The van der Waals surface area contributed by atoms with Crippen molar-refractivity contribution in [2.75, 3.05) is 12.5 Å². The normalized spacial score (nSPS) is 12.7. The largest absolute Gasteiger partial charge is 0.454 e. The molecular formula is C20H15ClN8O4. The molecule has 33 heavy (non-hydrogen) atoms. The van der Waals surface area contributed by atoms with E-state index in [1.807, 2.05) is 6.07 Å². The number of aromatic nitrogens is 5. The van der Waals surface area contributed by atoms with E-state index in [1.54, 1.807) is 43.3 Å². The smallest absolute Gasteiger partial charge is 0.294 e. The van der Waals surface area contributed by atoms with E-state index in [1.165, 1.54) is 4.68 Å². The molecule has 0 radical (unpaired) electrons. The Kier molecular flexibility index (Phi) is 5.11. The fourth-order valence-electron chi connectivity index (χ4n) is 3.19. The quantitative estimate of drug-likeness (QED) is 0.333. The molecule has 0 unspecified atom stereocenters. The standard InChI is InChI=1S/C20H15ClN8O4/c1-10(11-3-2-4-13(21)7-11)23-25-20(30)16-17(12-5-6-14-15(8-12)32-9-31-14)29(28-24-16)19-18(22)26-33-27-19/h2-8H,9H2,1H3,(H2,22,26)(H,25,30)/b23-10-. The number of rotatable bonds is 5. The van der Waals surface area contributed by atoms with Gasteiger partial charge in [0.15, 0.2) is 17.2 Å². The molecule has 13 heteroatoms. The molecule has 3 N–H and O–H groups in total. The summed E-state index contributed by atoms with van der Waals surface area (Å²) < 4.78 is 16.8. The molecule has 1 aliphatic rings. The number of nitrogen functional groups attached to an aromatic ring is 1. The van der Waals surface area contributed by atoms with Gasteiger partial charge in [-0.2, -0.15) is 9.78 Å². The molecule has 3 heterocycles. The Morgan fingerprint density at radius 3 is 2.82 bits per heavy atom. The highest BCUT2D eigenvalue weighted by Gasteiger charge is 2.27. The molecule has 2 aromatic carbocycles. The van der Waals surface area contributed by atoms with Crippen molar-refractivity contribution in [3.63, 3.8) is 0 Å². The SMILES string of the molecule is C/C(=N/NC(=O)c1nnn(-c2nonc2N)c1-c1ccc2c(c1)OCO2)c1cccc(Cl)c1. The van der Waals surface area contributed by atoms with Crippen LogP contribution in [0.25, 0.3) is 17.1 Å². The molecule has 0 bridgehead atoms. The second-order valence-electron chi connectivity index (χ2n) is 6.89. The maximum absolute atomic E-state index is 13.0. The zero-order valence-corrected chi connectivity index (χ0v) is 17.8. The predicted molar refractivity (Wildman–Crippen MR) is 116 cm³/mol. The Morgan fingerprint density at radius 2 is 2.03 bits per heavy atom. The lowest BCUT2D eigenvalue weighted by Crippen LogP contribution is -2.21. The number of benzene rings is 2. The minimum Gasteiger partial charge on any atom is -0.454 e. The van der Waals surface area contributed by atoms with E-state index in [0.29, 0.717) is 27.8 Å². The van der Waals surface area contributed by atoms with Crippen LogP contribution in [0.15, 0.2) is 52.2 Å². The molecule has 166 valence electrons. The number of nitrogens with one attached hydrogen (secondary N) is 1. The van der Waals surface area contributed by atoms with Crippen LogP contribution in [0.3, 0.4) is 0 Å². The second kappa shape index (κ2) is 8.24. The summed E-state index contributed by atoms with van der Waals surface area (Å²) in [7, 11) is 0. The first-order valence-corrected chi connectivity index (χ1v) is 9.94. The van der Waals surface area contributed by atoms with Crippen LogP contribution in [0.1, 0.15) is 23.0 Å². The molecule has 0 fully saturated rings. The zero-order valence-electron chi connectivity index (χ0n) is 17.0. The molecule has 1 amide bonds. The van der Waals surface area contributed by atoms with Crippen molar-refractivity contribution in [3.05, 3.63) is 58.7 Å². The van der Waals surface area contributed by atoms with Crippen molar-refractivity contribution < 1.29 is 18.9 Å². The number of nitrogens with two attached hydrogens (primary N) is 1. The number of halogens is 1. The van der Waals surface area contributed by atoms with Crippen LogP contribution >= 0.6 is 11.6 Å². The van der Waals surface area contributed by atoms with Gasteiger partial charge in [0.25, 0.3) is 5.91 Å². The maximum atomic E-state index is 13.0. The van der Waals surface area contributed by atoms with Crippen LogP contribution in [0.2, 0.25) is 5.02 Å². The summed E-state index contributed by atoms with van der Waals surface area (Å²) in [5.74, 6) is 0.530. The molecular weight excluding hydrogens is 452 g/mol. The van der Waals surface area contributed by atoms with Crippen molar-refractivity contribution in [3.8, 4) is 28.6 Å². The number of fused-ring (bicyclic) bond motifs is 1. The highest BCUT2D eigenvalue weighted by molar-refractivity contribution is 6.31. The average Bonchev–Trinajstić information content (AvgIpc) is 3.55. The van der Waals surface area contributed by atoms with Gasteiger partial charge in [-0.3, -0.25) is 4.79 Å². The molecule has 0 atom stereocenters. The molecule has 0 spiro atoms. The van der Waals surface area contributed by atoms with Crippen molar-refractivity contribution in [2.24, 2.45) is 5.10 Å². The van der Waals surface area contributed by atoms with E-state index in [4.69, 9.17) is 26.8 Å². The summed E-state index contributed by atoms with van der Waals surface area (Å²) >= 11 is 6.03. The summed E-state index contributed by atoms with van der Waals surface area (Å²) in [5, 5.41) is 20.1. The summed E-state index contributed by atoms with van der Waals surface area (Å²) in [6.07, 6.45) is 0. The lowest BCUT2D eigenvalue weighted by Gasteiger charge is -2.07. The number of hydrogen-bond acceptors (Lipinski definition) is 10. The fourth-order valence-corrected chi connectivity index (χ4v) is 3.38. The van der Waals surface area contributed by atoms with Crippen molar-refractivity contribution in [2.45, 2.75) is 6.92 Å². The highest BCUT2D eigenvalue weighted by Crippen LogP contribution is 2.37. The number of carbonyl (C=O) groups is 1. The van der Waals surface area contributed by atoms with Crippen LogP contribution in [0.5, 0.6) is 11.5 Å². The number of carbonyl (C=O) groups excluding carboxylic acids is 1. The van der Waals surface area contributed by atoms with E-state index in [9.17, 15) is 4.79 Å². The van der Waals surface area contributed by atoms with E-state index in [0.717, 1.165) is 5.56 Å². The minimum atomic E-state index is -0.606. The first kappa shape index (κ1) is 20.5. The predicted octanol–water partition coefficient (Wildman–Crippen LogP) is 2.44. The first-order valence-electron chi connectivity index (χ1n) is 9.56. The van der Waals surface area contributed by atoms with Gasteiger partial charge in [-0.25, -0.2) is 10.1 Å². The summed E-state index contributed by atoms with van der Waals surface area (Å²) in [4.78, 5) is 13.0. The lowest BCUT2D eigenvalue weighted by atomic mass is 10.1. The second-order valence-corrected chi connectivity index (χ2v) is 7.32. The average molecular weight is 467 g/mol. The van der Waals surface area contributed by atoms with Gasteiger partial charge in [0.2, 0.25) is 18.4 Å². The number of hydrazone groups is 1. The highest BCUT2D eigenvalue weighted by atomic mass is 35.5. The van der Waals surface area contributed by atoms with Gasteiger partial charge in [0, 0.05) is 10.6 Å². The first-order chi connectivity index (χ1) is 16.0. The molecule has 2 aromatic heterocycles. The van der Waals surface area contributed by atoms with Gasteiger partial charge in [0.1, 0.15) is 5.69 Å². The molecule has 0 aliphatic carbocycles. The maximum Gasteiger partial charge on any atom is 0.294 e. The van der Waals surface area contributed by atoms with Crippen LogP contribution in [-0.4, -0.2) is 43.7 Å². The Bertz CT molecular complexity index is 1400. The zero-order chi connectivity index (χ0) is 22.9. The topological polar surface area (TPSA) is 156 Å². The summed E-state index contributed by atoms with van der Waals surface area (Å²) in [6, 6.07) is 12.2. The van der Waals surface area contributed by atoms with Gasteiger partial charge in [0.05, 0.1) is 5.71 Å². The molecule has 1 aliphatic heterocycles. The van der Waals surface area contributed by atoms with E-state index < -0.39 is 5.91 Å². The molecule has 0 saturated carbocycles. The van der Waals surface area contributed by atoms with Gasteiger partial charge < -0.3 is 15.2 Å². The molecule has 4 aromatic rings. The minimum absolute atomic E-state index is 0.0244. The van der Waals surface area contributed by atoms with Gasteiger partial charge in [-0.15, -0.1) is 5.10 Å². The summed E-state index contributed by atoms with van der Waals surface area (Å²) in [5.41, 5.74) is 10.4. The third kappa shape index (κ3) is 3.83. The van der Waals surface area contributed by atoms with Crippen LogP contribution < -0.4 is 20.6 Å². The van der Waals surface area contributed by atoms with E-state index in [2.05, 4.69) is 35.8 Å². The Balaban J connectivity index is 1.53. The number of amides is 1. The van der Waals surface area contributed by atoms with Crippen molar-refractivity contribution >= 4 is 29.0 Å². The molecule has 12 nitrogen and oxygen atoms in total. The number of anilines is 1. The van der Waals surface area contributed by atoms with Gasteiger partial charge >= 0.3 is 0 Å². The molecule has 0 saturated heterocycles. The molecule has 5 rings (SSSR count). The van der Waals surface area contributed by atoms with Crippen LogP contribution in [0, 0.1) is 0 Å². The van der Waals surface area contributed by atoms with E-state index >= 15 is 0 Å². The number of nitrogens with zero attached hydrogens (tertiary/aromatic N) is 6. The number of hydrogen-bond donors (Lipinski definition) is 2. The summed E-state index contributed by atoms with van der Waals surface area (Å²) in [6.45, 7) is 1.84. The fraction of sp³-hybridized carbons (Fsp3) is 0.100. The van der Waals surface area contributed by atoms with Crippen LogP contribution in [0.4, 0.5) is 5.82 Å². The van der Waals surface area contributed by atoms with Crippen molar-refractivity contribution in [1.29, 1.82) is 0 Å². The van der Waals surface area contributed by atoms with Gasteiger partial charge in [-0.05, 0) is 53.1 Å². The Hall–Kier alpha value is -4.45. The third-order valence-electron chi connectivity index (χ3n) is 4.80. The van der Waals surface area contributed by atoms with E-state index in [-0.39, 0.29) is 29.8 Å². The van der Waals surface area contributed by atoms with Crippen molar-refractivity contribution in [1.82, 2.24) is 30.7 Å². The third-order valence-corrected chi connectivity index (χ3v) is 5.03. The van der Waals surface area contributed by atoms with Crippen LogP contribution in [-0.2, 0) is 0 Å².